The van der Waals surface area contributed by atoms with Gasteiger partial charge in [-0.3, -0.25) is 0 Å². The Morgan fingerprint density at radius 3 is 3.00 bits per heavy atom. The van der Waals surface area contributed by atoms with Crippen molar-refractivity contribution in [1.29, 1.82) is 0 Å². The molecule has 2 aromatic rings. The standard InChI is InChI=1S/C8H6N3O2/c1-2-10-7(5-9-1)13-6-8-11-3-4-12-8/h1-4H,6H2. The first kappa shape index (κ1) is 7.72. The van der Waals surface area contributed by atoms with Crippen LogP contribution >= 0.6 is 0 Å². The smallest absolute Gasteiger partial charge is 0.242 e. The van der Waals surface area contributed by atoms with Gasteiger partial charge in [0.05, 0.1) is 6.20 Å². The van der Waals surface area contributed by atoms with E-state index in [-0.39, 0.29) is 6.61 Å². The molecule has 0 saturated heterocycles. The van der Waals surface area contributed by atoms with Gasteiger partial charge in [0.1, 0.15) is 6.26 Å². The maximum absolute atomic E-state index is 5.16. The molecular formula is C8H6N3O2. The van der Waals surface area contributed by atoms with Gasteiger partial charge >= 0.3 is 0 Å². The molecule has 2 heterocycles. The van der Waals surface area contributed by atoms with Crippen LogP contribution in [0.5, 0.6) is 5.88 Å². The number of ether oxygens (including phenoxy) is 1. The van der Waals surface area contributed by atoms with Gasteiger partial charge in [0, 0.05) is 12.4 Å². The normalized spacial score (nSPS) is 9.85. The molecule has 0 aliphatic heterocycles. The van der Waals surface area contributed by atoms with Crippen LogP contribution in [0.3, 0.4) is 0 Å². The molecule has 65 valence electrons. The zero-order valence-corrected chi connectivity index (χ0v) is 6.67. The summed E-state index contributed by atoms with van der Waals surface area (Å²) in [7, 11) is 0. The molecule has 0 amide bonds. The molecule has 0 aliphatic carbocycles. The summed E-state index contributed by atoms with van der Waals surface area (Å²) >= 11 is 0. The van der Waals surface area contributed by atoms with Crippen LogP contribution in [0.1, 0.15) is 5.89 Å². The Bertz CT molecular complexity index is 347. The van der Waals surface area contributed by atoms with Gasteiger partial charge in [-0.05, 0) is 0 Å². The Morgan fingerprint density at radius 2 is 2.31 bits per heavy atom. The average molecular weight is 176 g/mol. The van der Waals surface area contributed by atoms with E-state index in [2.05, 4.69) is 21.1 Å². The molecule has 0 saturated carbocycles. The third-order valence-corrected chi connectivity index (χ3v) is 1.31. The minimum atomic E-state index is 0.238. The monoisotopic (exact) mass is 176 g/mol. The van der Waals surface area contributed by atoms with Crippen LogP contribution in [-0.4, -0.2) is 15.0 Å². The molecule has 0 bridgehead atoms. The van der Waals surface area contributed by atoms with Crippen LogP contribution in [0.15, 0.2) is 29.3 Å². The fraction of sp³-hybridized carbons (Fsp3) is 0.125. The second-order valence-electron chi connectivity index (χ2n) is 2.19. The summed E-state index contributed by atoms with van der Waals surface area (Å²) in [6, 6.07) is 0. The van der Waals surface area contributed by atoms with Crippen molar-refractivity contribution in [3.05, 3.63) is 36.9 Å². The van der Waals surface area contributed by atoms with Crippen molar-refractivity contribution in [3.63, 3.8) is 0 Å². The van der Waals surface area contributed by atoms with Crippen LogP contribution in [0.4, 0.5) is 0 Å². The Kier molecular flexibility index (Phi) is 2.18. The largest absolute Gasteiger partial charge is 0.466 e. The van der Waals surface area contributed by atoms with Gasteiger partial charge in [-0.1, -0.05) is 0 Å². The predicted molar refractivity (Wildman–Crippen MR) is 41.7 cm³/mol. The van der Waals surface area contributed by atoms with Gasteiger partial charge in [0.15, 0.2) is 12.8 Å². The summed E-state index contributed by atoms with van der Waals surface area (Å²) in [5.74, 6) is 0.833. The number of nitrogens with zero attached hydrogens (tertiary/aromatic N) is 3. The quantitative estimate of drug-likeness (QED) is 0.693. The molecule has 0 aromatic carbocycles. The second-order valence-corrected chi connectivity index (χ2v) is 2.19. The van der Waals surface area contributed by atoms with Crippen LogP contribution in [0.2, 0.25) is 0 Å². The highest BCUT2D eigenvalue weighted by Gasteiger charge is 1.99. The van der Waals surface area contributed by atoms with Gasteiger partial charge < -0.3 is 9.15 Å². The molecule has 5 heteroatoms. The van der Waals surface area contributed by atoms with E-state index in [9.17, 15) is 0 Å². The molecule has 0 N–H and O–H groups in total. The van der Waals surface area contributed by atoms with Gasteiger partial charge in [-0.15, -0.1) is 0 Å². The van der Waals surface area contributed by atoms with Gasteiger partial charge in [0.25, 0.3) is 0 Å². The fourth-order valence-electron chi connectivity index (χ4n) is 0.780. The molecule has 2 aromatic heterocycles. The Morgan fingerprint density at radius 1 is 1.31 bits per heavy atom. The number of oxazole rings is 1. The minimum absolute atomic E-state index is 0.238. The van der Waals surface area contributed by atoms with Crippen molar-refractivity contribution < 1.29 is 9.15 Å². The van der Waals surface area contributed by atoms with Crippen molar-refractivity contribution in [2.75, 3.05) is 0 Å². The second kappa shape index (κ2) is 3.66. The van der Waals surface area contributed by atoms with E-state index < -0.39 is 0 Å². The summed E-state index contributed by atoms with van der Waals surface area (Å²) in [6.07, 6.45) is 8.67. The SMILES string of the molecule is [c]1nccnc1OCc1ncco1. The Labute approximate surface area is 74.4 Å². The Balaban J connectivity index is 1.94. The van der Waals surface area contributed by atoms with Gasteiger partial charge in [0.2, 0.25) is 11.8 Å². The van der Waals surface area contributed by atoms with Crippen molar-refractivity contribution in [3.8, 4) is 5.88 Å². The van der Waals surface area contributed by atoms with Crippen molar-refractivity contribution in [1.82, 2.24) is 15.0 Å². The number of rotatable bonds is 3. The lowest BCUT2D eigenvalue weighted by atomic mass is 10.7. The van der Waals surface area contributed by atoms with Crippen molar-refractivity contribution in [2.45, 2.75) is 6.61 Å². The summed E-state index contributed by atoms with van der Waals surface area (Å²) in [6.45, 7) is 0.238. The molecule has 0 unspecified atom stereocenters. The number of hydrogen-bond acceptors (Lipinski definition) is 5. The van der Waals surface area contributed by atoms with Gasteiger partial charge in [-0.2, -0.15) is 0 Å². The Hall–Kier alpha value is -1.91. The summed E-state index contributed by atoms with van der Waals surface area (Å²) in [4.78, 5) is 11.5. The van der Waals surface area contributed by atoms with E-state index in [0.29, 0.717) is 11.8 Å². The maximum Gasteiger partial charge on any atom is 0.242 e. The predicted octanol–water partition coefficient (Wildman–Crippen LogP) is 0.844. The number of aromatic nitrogens is 3. The highest BCUT2D eigenvalue weighted by atomic mass is 16.5. The molecular weight excluding hydrogens is 170 g/mol. The zero-order valence-electron chi connectivity index (χ0n) is 6.67. The van der Waals surface area contributed by atoms with E-state index in [1.807, 2.05) is 0 Å². The maximum atomic E-state index is 5.16. The highest BCUT2D eigenvalue weighted by Crippen LogP contribution is 2.03. The third-order valence-electron chi connectivity index (χ3n) is 1.31. The van der Waals surface area contributed by atoms with E-state index in [0.717, 1.165) is 0 Å². The first-order chi connectivity index (χ1) is 6.45. The third kappa shape index (κ3) is 2.02. The minimum Gasteiger partial charge on any atom is -0.466 e. The fourth-order valence-corrected chi connectivity index (χ4v) is 0.780. The lowest BCUT2D eigenvalue weighted by Crippen LogP contribution is -1.97. The first-order valence-corrected chi connectivity index (χ1v) is 3.65. The molecule has 0 spiro atoms. The van der Waals surface area contributed by atoms with E-state index >= 15 is 0 Å². The van der Waals surface area contributed by atoms with E-state index in [1.54, 1.807) is 6.20 Å². The molecule has 0 aliphatic rings. The van der Waals surface area contributed by atoms with Gasteiger partial charge in [-0.25, -0.2) is 15.0 Å². The van der Waals surface area contributed by atoms with Crippen LogP contribution in [0.25, 0.3) is 0 Å². The molecule has 0 fully saturated rings. The molecule has 0 atom stereocenters. The molecule has 2 rings (SSSR count). The average Bonchev–Trinajstić information content (AvgIpc) is 2.69. The lowest BCUT2D eigenvalue weighted by Gasteiger charge is -1.98. The lowest BCUT2D eigenvalue weighted by molar-refractivity contribution is 0.252. The first-order valence-electron chi connectivity index (χ1n) is 3.65. The van der Waals surface area contributed by atoms with Crippen molar-refractivity contribution >= 4 is 0 Å². The van der Waals surface area contributed by atoms with Crippen LogP contribution in [0, 0.1) is 6.20 Å². The molecule has 13 heavy (non-hydrogen) atoms. The zero-order chi connectivity index (χ0) is 8.93. The summed E-state index contributed by atoms with van der Waals surface area (Å²) in [5, 5.41) is 0. The van der Waals surface area contributed by atoms with E-state index in [4.69, 9.17) is 9.15 Å². The van der Waals surface area contributed by atoms with Crippen LogP contribution in [-0.2, 0) is 6.61 Å². The summed E-state index contributed by atoms with van der Waals surface area (Å²) in [5.41, 5.74) is 0. The van der Waals surface area contributed by atoms with Crippen LogP contribution < -0.4 is 4.74 Å². The molecule has 5 nitrogen and oxygen atoms in total. The molecule has 1 radical (unpaired) electrons. The topological polar surface area (TPSA) is 61.0 Å². The summed E-state index contributed by atoms with van der Waals surface area (Å²) < 4.78 is 10.1. The van der Waals surface area contributed by atoms with E-state index in [1.165, 1.54) is 18.7 Å². The van der Waals surface area contributed by atoms with Crippen molar-refractivity contribution in [2.24, 2.45) is 0 Å². The highest BCUT2D eigenvalue weighted by molar-refractivity contribution is 4.99. The number of hydrogen-bond donors (Lipinski definition) is 0.